The number of hydrogen-bond donors (Lipinski definition) is 0. The zero-order valence-corrected chi connectivity index (χ0v) is 10.0. The summed E-state index contributed by atoms with van der Waals surface area (Å²) in [7, 11) is 0. The summed E-state index contributed by atoms with van der Waals surface area (Å²) in [5.74, 6) is 0. The van der Waals surface area contributed by atoms with E-state index in [4.69, 9.17) is 0 Å². The number of hydrogen-bond acceptors (Lipinski definition) is 2. The van der Waals surface area contributed by atoms with Crippen LogP contribution in [0.5, 0.6) is 0 Å². The van der Waals surface area contributed by atoms with Crippen molar-refractivity contribution in [2.24, 2.45) is 0 Å². The van der Waals surface area contributed by atoms with Gasteiger partial charge in [0.25, 0.3) is 5.69 Å². The van der Waals surface area contributed by atoms with Crippen molar-refractivity contribution in [3.05, 3.63) is 75.3 Å². The normalized spacial score (nSPS) is 10.7. The highest BCUT2D eigenvalue weighted by atomic mass is 16.6. The molecule has 0 spiro atoms. The van der Waals surface area contributed by atoms with E-state index in [2.05, 4.69) is 0 Å². The molecule has 0 saturated carbocycles. The van der Waals surface area contributed by atoms with Crippen LogP contribution in [0.2, 0.25) is 0 Å². The number of rotatable bonds is 3. The van der Waals surface area contributed by atoms with Crippen LogP contribution in [0.25, 0.3) is 12.2 Å². The molecule has 0 aliphatic heterocycles. The van der Waals surface area contributed by atoms with Crippen molar-refractivity contribution in [1.29, 1.82) is 0 Å². The van der Waals surface area contributed by atoms with Gasteiger partial charge < -0.3 is 0 Å². The minimum absolute atomic E-state index is 0.141. The number of nitrogens with zero attached hydrogens (tertiary/aromatic N) is 1. The van der Waals surface area contributed by atoms with Crippen molar-refractivity contribution in [3.8, 4) is 0 Å². The molecule has 2 aromatic rings. The Balaban J connectivity index is 2.35. The second-order valence-electron chi connectivity index (χ2n) is 4.06. The SMILES string of the molecule is Cc1ccc(/C=C/c2ccccc2)c([N+](=O)[O-])c1. The highest BCUT2D eigenvalue weighted by Gasteiger charge is 2.10. The fraction of sp³-hybridized carbons (Fsp3) is 0.0667. The van der Waals surface area contributed by atoms with Gasteiger partial charge in [0.15, 0.2) is 0 Å². The van der Waals surface area contributed by atoms with Gasteiger partial charge in [0.2, 0.25) is 0 Å². The molecule has 0 aromatic heterocycles. The van der Waals surface area contributed by atoms with Gasteiger partial charge in [0, 0.05) is 6.07 Å². The number of benzene rings is 2. The van der Waals surface area contributed by atoms with E-state index in [1.165, 1.54) is 0 Å². The second-order valence-corrected chi connectivity index (χ2v) is 4.06. The Bertz CT molecular complexity index is 589. The smallest absolute Gasteiger partial charge is 0.258 e. The molecule has 0 N–H and O–H groups in total. The predicted molar refractivity (Wildman–Crippen MR) is 73.2 cm³/mol. The van der Waals surface area contributed by atoms with Crippen LogP contribution in [0.4, 0.5) is 5.69 Å². The Hall–Kier alpha value is -2.42. The van der Waals surface area contributed by atoms with Crippen LogP contribution in [-0.2, 0) is 0 Å². The van der Waals surface area contributed by atoms with Crippen molar-refractivity contribution >= 4 is 17.8 Å². The summed E-state index contributed by atoms with van der Waals surface area (Å²) in [6.07, 6.45) is 3.64. The zero-order valence-electron chi connectivity index (χ0n) is 10.0. The quantitative estimate of drug-likeness (QED) is 0.460. The molecule has 3 nitrogen and oxygen atoms in total. The van der Waals surface area contributed by atoms with Crippen molar-refractivity contribution < 1.29 is 4.92 Å². The predicted octanol–water partition coefficient (Wildman–Crippen LogP) is 4.07. The van der Waals surface area contributed by atoms with Crippen LogP contribution >= 0.6 is 0 Å². The van der Waals surface area contributed by atoms with Crippen LogP contribution in [-0.4, -0.2) is 4.92 Å². The molecule has 2 aromatic carbocycles. The maximum atomic E-state index is 11.0. The molecule has 0 aliphatic carbocycles. The van der Waals surface area contributed by atoms with E-state index in [0.29, 0.717) is 5.56 Å². The summed E-state index contributed by atoms with van der Waals surface area (Å²) in [5.41, 5.74) is 2.67. The molecule has 0 aliphatic rings. The first-order chi connectivity index (χ1) is 8.66. The first-order valence-corrected chi connectivity index (χ1v) is 5.65. The Labute approximate surface area is 106 Å². The minimum atomic E-state index is -0.350. The number of nitro benzene ring substituents is 1. The molecule has 0 amide bonds. The Morgan fingerprint density at radius 3 is 2.44 bits per heavy atom. The van der Waals surface area contributed by atoms with E-state index in [1.54, 1.807) is 18.2 Å². The van der Waals surface area contributed by atoms with Gasteiger partial charge in [-0.05, 0) is 30.2 Å². The van der Waals surface area contributed by atoms with E-state index >= 15 is 0 Å². The molecule has 0 saturated heterocycles. The molecule has 0 unspecified atom stereocenters. The van der Waals surface area contributed by atoms with Gasteiger partial charge in [-0.1, -0.05) is 42.5 Å². The van der Waals surface area contributed by atoms with Crippen molar-refractivity contribution in [2.75, 3.05) is 0 Å². The summed E-state index contributed by atoms with van der Waals surface area (Å²) < 4.78 is 0. The first-order valence-electron chi connectivity index (χ1n) is 5.65. The molecule has 0 radical (unpaired) electrons. The summed E-state index contributed by atoms with van der Waals surface area (Å²) in [6, 6.07) is 14.9. The molecule has 0 heterocycles. The van der Waals surface area contributed by atoms with Gasteiger partial charge in [0.05, 0.1) is 10.5 Å². The summed E-state index contributed by atoms with van der Waals surface area (Å²) in [6.45, 7) is 1.84. The summed E-state index contributed by atoms with van der Waals surface area (Å²) in [4.78, 5) is 10.6. The molecule has 0 bridgehead atoms. The average molecular weight is 239 g/mol. The van der Waals surface area contributed by atoms with Crippen LogP contribution in [0.3, 0.4) is 0 Å². The Morgan fingerprint density at radius 1 is 1.06 bits per heavy atom. The minimum Gasteiger partial charge on any atom is -0.258 e. The maximum absolute atomic E-state index is 11.0. The van der Waals surface area contributed by atoms with E-state index in [9.17, 15) is 10.1 Å². The molecule has 90 valence electrons. The van der Waals surface area contributed by atoms with E-state index < -0.39 is 0 Å². The molecular weight excluding hydrogens is 226 g/mol. The van der Waals surface area contributed by atoms with E-state index in [-0.39, 0.29) is 10.6 Å². The topological polar surface area (TPSA) is 43.1 Å². The number of nitro groups is 1. The summed E-state index contributed by atoms with van der Waals surface area (Å²) >= 11 is 0. The maximum Gasteiger partial charge on any atom is 0.276 e. The average Bonchev–Trinajstić information content (AvgIpc) is 2.38. The third-order valence-electron chi connectivity index (χ3n) is 2.64. The second kappa shape index (κ2) is 5.27. The fourth-order valence-electron chi connectivity index (χ4n) is 1.70. The molecule has 0 atom stereocenters. The van der Waals surface area contributed by atoms with Crippen LogP contribution < -0.4 is 0 Å². The fourth-order valence-corrected chi connectivity index (χ4v) is 1.70. The highest BCUT2D eigenvalue weighted by Crippen LogP contribution is 2.22. The van der Waals surface area contributed by atoms with Gasteiger partial charge in [-0.3, -0.25) is 10.1 Å². The third-order valence-corrected chi connectivity index (χ3v) is 2.64. The van der Waals surface area contributed by atoms with Crippen LogP contribution in [0.15, 0.2) is 48.5 Å². The lowest BCUT2D eigenvalue weighted by Crippen LogP contribution is -1.92. The first kappa shape index (κ1) is 12.0. The third kappa shape index (κ3) is 2.83. The Morgan fingerprint density at radius 2 is 1.78 bits per heavy atom. The molecule has 18 heavy (non-hydrogen) atoms. The van der Waals surface area contributed by atoms with Gasteiger partial charge in [-0.2, -0.15) is 0 Å². The van der Waals surface area contributed by atoms with Crippen molar-refractivity contribution in [2.45, 2.75) is 6.92 Å². The Kier molecular flexibility index (Phi) is 3.53. The molecule has 2 rings (SSSR count). The van der Waals surface area contributed by atoms with Gasteiger partial charge in [-0.15, -0.1) is 0 Å². The number of aryl methyl sites for hydroxylation is 1. The van der Waals surface area contributed by atoms with Gasteiger partial charge >= 0.3 is 0 Å². The van der Waals surface area contributed by atoms with Crippen LogP contribution in [0, 0.1) is 17.0 Å². The van der Waals surface area contributed by atoms with Crippen molar-refractivity contribution in [3.63, 3.8) is 0 Å². The standard InChI is InChI=1S/C15H13NO2/c1-12-7-9-14(15(11-12)16(17)18)10-8-13-5-3-2-4-6-13/h2-11H,1H3/b10-8+. The highest BCUT2D eigenvalue weighted by molar-refractivity contribution is 5.74. The lowest BCUT2D eigenvalue weighted by molar-refractivity contribution is -0.385. The van der Waals surface area contributed by atoms with Crippen molar-refractivity contribution in [1.82, 2.24) is 0 Å². The molecule has 0 fully saturated rings. The zero-order chi connectivity index (χ0) is 13.0. The van der Waals surface area contributed by atoms with E-state index in [1.807, 2.05) is 49.4 Å². The van der Waals surface area contributed by atoms with E-state index in [0.717, 1.165) is 11.1 Å². The lowest BCUT2D eigenvalue weighted by atomic mass is 10.1. The van der Waals surface area contributed by atoms with Crippen LogP contribution in [0.1, 0.15) is 16.7 Å². The summed E-state index contributed by atoms with van der Waals surface area (Å²) in [5, 5.41) is 11.0. The monoisotopic (exact) mass is 239 g/mol. The van der Waals surface area contributed by atoms with Gasteiger partial charge in [0.1, 0.15) is 0 Å². The molecular formula is C15H13NO2. The van der Waals surface area contributed by atoms with Gasteiger partial charge in [-0.25, -0.2) is 0 Å². The lowest BCUT2D eigenvalue weighted by Gasteiger charge is -1.99. The molecule has 3 heteroatoms. The largest absolute Gasteiger partial charge is 0.276 e.